The highest BCUT2D eigenvalue weighted by molar-refractivity contribution is 5.99. The minimum Gasteiger partial charge on any atom is -0.396 e. The first kappa shape index (κ1) is 13.4. The van der Waals surface area contributed by atoms with Gasteiger partial charge in [-0.15, -0.1) is 0 Å². The van der Waals surface area contributed by atoms with Crippen LogP contribution in [0.3, 0.4) is 0 Å². The SMILES string of the molecule is CNc1c(N)cnc2cc(-c3c(C)noc3C)c(C)cc12. The molecule has 0 fully saturated rings. The number of nitrogens with zero attached hydrogens (tertiary/aromatic N) is 2. The van der Waals surface area contributed by atoms with Gasteiger partial charge in [0.2, 0.25) is 0 Å². The summed E-state index contributed by atoms with van der Waals surface area (Å²) in [5.74, 6) is 0.819. The highest BCUT2D eigenvalue weighted by Gasteiger charge is 2.16. The van der Waals surface area contributed by atoms with Gasteiger partial charge in [0.15, 0.2) is 0 Å². The number of nitrogen functional groups attached to an aromatic ring is 1. The molecule has 21 heavy (non-hydrogen) atoms. The lowest BCUT2D eigenvalue weighted by molar-refractivity contribution is 0.393. The Bertz CT molecular complexity index is 816. The van der Waals surface area contributed by atoms with Gasteiger partial charge >= 0.3 is 0 Å². The first-order valence-corrected chi connectivity index (χ1v) is 6.82. The van der Waals surface area contributed by atoms with Crippen LogP contribution in [0.15, 0.2) is 22.9 Å². The van der Waals surface area contributed by atoms with E-state index in [2.05, 4.69) is 34.5 Å². The number of aryl methyl sites for hydroxylation is 3. The van der Waals surface area contributed by atoms with Crippen LogP contribution in [-0.4, -0.2) is 17.2 Å². The van der Waals surface area contributed by atoms with E-state index in [9.17, 15) is 0 Å². The molecule has 0 spiro atoms. The van der Waals surface area contributed by atoms with E-state index in [1.54, 1.807) is 6.20 Å². The summed E-state index contributed by atoms with van der Waals surface area (Å²) in [6, 6.07) is 4.17. The van der Waals surface area contributed by atoms with Gasteiger partial charge in [-0.25, -0.2) is 0 Å². The van der Waals surface area contributed by atoms with Gasteiger partial charge in [-0.3, -0.25) is 4.98 Å². The van der Waals surface area contributed by atoms with Crippen molar-refractivity contribution in [1.82, 2.24) is 10.1 Å². The summed E-state index contributed by atoms with van der Waals surface area (Å²) in [6.07, 6.45) is 1.68. The van der Waals surface area contributed by atoms with Crippen molar-refractivity contribution >= 4 is 22.3 Å². The van der Waals surface area contributed by atoms with E-state index in [0.29, 0.717) is 5.69 Å². The number of aromatic nitrogens is 2. The number of hydrogen-bond donors (Lipinski definition) is 2. The molecule has 2 aromatic heterocycles. The van der Waals surface area contributed by atoms with Gasteiger partial charge in [-0.05, 0) is 44.0 Å². The van der Waals surface area contributed by atoms with E-state index in [-0.39, 0.29) is 0 Å². The zero-order valence-electron chi connectivity index (χ0n) is 12.6. The Kier molecular flexibility index (Phi) is 3.05. The maximum atomic E-state index is 5.98. The third-order valence-corrected chi connectivity index (χ3v) is 3.80. The molecule has 0 unspecified atom stereocenters. The summed E-state index contributed by atoms with van der Waals surface area (Å²) in [5, 5.41) is 8.20. The van der Waals surface area contributed by atoms with Gasteiger partial charge in [0.25, 0.3) is 0 Å². The van der Waals surface area contributed by atoms with Crippen molar-refractivity contribution in [2.45, 2.75) is 20.8 Å². The average molecular weight is 282 g/mol. The third kappa shape index (κ3) is 2.01. The fraction of sp³-hybridized carbons (Fsp3) is 0.250. The molecule has 0 bridgehead atoms. The highest BCUT2D eigenvalue weighted by atomic mass is 16.5. The highest BCUT2D eigenvalue weighted by Crippen LogP contribution is 2.35. The number of benzene rings is 1. The van der Waals surface area contributed by atoms with E-state index >= 15 is 0 Å². The van der Waals surface area contributed by atoms with Crippen LogP contribution < -0.4 is 11.1 Å². The van der Waals surface area contributed by atoms with Crippen molar-refractivity contribution in [3.05, 3.63) is 35.3 Å². The molecule has 0 saturated carbocycles. The van der Waals surface area contributed by atoms with Gasteiger partial charge in [-0.2, -0.15) is 0 Å². The lowest BCUT2D eigenvalue weighted by Crippen LogP contribution is -1.99. The van der Waals surface area contributed by atoms with E-state index in [1.807, 2.05) is 20.9 Å². The minimum absolute atomic E-state index is 0.648. The molecular formula is C16H18N4O. The van der Waals surface area contributed by atoms with Gasteiger partial charge < -0.3 is 15.6 Å². The van der Waals surface area contributed by atoms with Crippen LogP contribution >= 0.6 is 0 Å². The van der Waals surface area contributed by atoms with Crippen molar-refractivity contribution in [2.75, 3.05) is 18.1 Å². The number of hydrogen-bond acceptors (Lipinski definition) is 5. The maximum absolute atomic E-state index is 5.98. The van der Waals surface area contributed by atoms with Crippen LogP contribution in [0.4, 0.5) is 11.4 Å². The molecule has 1 aromatic carbocycles. The average Bonchev–Trinajstić information content (AvgIpc) is 2.78. The van der Waals surface area contributed by atoms with E-state index in [0.717, 1.165) is 44.7 Å². The molecule has 0 aliphatic carbocycles. The van der Waals surface area contributed by atoms with Gasteiger partial charge in [-0.1, -0.05) is 5.16 Å². The largest absolute Gasteiger partial charge is 0.396 e. The second-order valence-electron chi connectivity index (χ2n) is 5.22. The lowest BCUT2D eigenvalue weighted by atomic mass is 9.96. The molecule has 0 aliphatic heterocycles. The summed E-state index contributed by atoms with van der Waals surface area (Å²) in [7, 11) is 1.86. The molecule has 2 heterocycles. The summed E-state index contributed by atoms with van der Waals surface area (Å²) >= 11 is 0. The van der Waals surface area contributed by atoms with Crippen LogP contribution in [0, 0.1) is 20.8 Å². The van der Waals surface area contributed by atoms with Gasteiger partial charge in [0.05, 0.1) is 28.8 Å². The normalized spacial score (nSPS) is 11.0. The Morgan fingerprint density at radius 3 is 2.57 bits per heavy atom. The van der Waals surface area contributed by atoms with Crippen LogP contribution in [0.1, 0.15) is 17.0 Å². The molecule has 0 atom stereocenters. The Labute approximate surface area is 123 Å². The molecule has 3 aromatic rings. The maximum Gasteiger partial charge on any atom is 0.141 e. The number of nitrogens with one attached hydrogen (secondary N) is 1. The predicted octanol–water partition coefficient (Wildman–Crippen LogP) is 3.44. The molecular weight excluding hydrogens is 264 g/mol. The number of pyridine rings is 1. The third-order valence-electron chi connectivity index (χ3n) is 3.80. The van der Waals surface area contributed by atoms with E-state index in [4.69, 9.17) is 10.3 Å². The summed E-state index contributed by atoms with van der Waals surface area (Å²) in [6.45, 7) is 5.95. The fourth-order valence-corrected chi connectivity index (χ4v) is 2.78. The second-order valence-corrected chi connectivity index (χ2v) is 5.22. The van der Waals surface area contributed by atoms with Gasteiger partial charge in [0.1, 0.15) is 5.76 Å². The monoisotopic (exact) mass is 282 g/mol. The number of nitrogens with two attached hydrogens (primary N) is 1. The topological polar surface area (TPSA) is 77.0 Å². The Hall–Kier alpha value is -2.56. The minimum atomic E-state index is 0.648. The smallest absolute Gasteiger partial charge is 0.141 e. The Morgan fingerprint density at radius 2 is 1.95 bits per heavy atom. The van der Waals surface area contributed by atoms with Crippen molar-refractivity contribution in [1.29, 1.82) is 0 Å². The molecule has 0 radical (unpaired) electrons. The Morgan fingerprint density at radius 1 is 1.19 bits per heavy atom. The molecule has 0 saturated heterocycles. The molecule has 5 heteroatoms. The van der Waals surface area contributed by atoms with Crippen LogP contribution in [0.2, 0.25) is 0 Å². The quantitative estimate of drug-likeness (QED) is 0.753. The number of rotatable bonds is 2. The summed E-state index contributed by atoms with van der Waals surface area (Å²) < 4.78 is 5.28. The van der Waals surface area contributed by atoms with Crippen LogP contribution in [-0.2, 0) is 0 Å². The number of fused-ring (bicyclic) bond motifs is 1. The standard InChI is InChI=1S/C16H18N4O/c1-8-5-12-14(19-7-13(17)16(12)18-4)6-11(8)15-9(2)20-21-10(15)3/h5-7H,17H2,1-4H3,(H,18,19). The number of anilines is 2. The molecule has 3 rings (SSSR count). The lowest BCUT2D eigenvalue weighted by Gasteiger charge is -2.12. The molecule has 0 aliphatic rings. The fourth-order valence-electron chi connectivity index (χ4n) is 2.78. The molecule has 0 amide bonds. The zero-order valence-corrected chi connectivity index (χ0v) is 12.6. The van der Waals surface area contributed by atoms with E-state index < -0.39 is 0 Å². The first-order chi connectivity index (χ1) is 10.0. The first-order valence-electron chi connectivity index (χ1n) is 6.82. The molecule has 5 nitrogen and oxygen atoms in total. The van der Waals surface area contributed by atoms with Crippen LogP contribution in [0.25, 0.3) is 22.0 Å². The Balaban J connectivity index is 2.33. The van der Waals surface area contributed by atoms with Crippen molar-refractivity contribution in [3.63, 3.8) is 0 Å². The van der Waals surface area contributed by atoms with Crippen molar-refractivity contribution in [3.8, 4) is 11.1 Å². The zero-order chi connectivity index (χ0) is 15.1. The molecule has 3 N–H and O–H groups in total. The summed E-state index contributed by atoms with van der Waals surface area (Å²) in [4.78, 5) is 4.44. The second kappa shape index (κ2) is 4.77. The van der Waals surface area contributed by atoms with E-state index in [1.165, 1.54) is 0 Å². The van der Waals surface area contributed by atoms with Crippen molar-refractivity contribution < 1.29 is 4.52 Å². The predicted molar refractivity (Wildman–Crippen MR) is 85.4 cm³/mol. The van der Waals surface area contributed by atoms with Crippen molar-refractivity contribution in [2.24, 2.45) is 0 Å². The van der Waals surface area contributed by atoms with Crippen LogP contribution in [0.5, 0.6) is 0 Å². The summed E-state index contributed by atoms with van der Waals surface area (Å²) in [5.41, 5.74) is 12.6. The molecule has 108 valence electrons. The van der Waals surface area contributed by atoms with Gasteiger partial charge in [0, 0.05) is 18.0 Å².